The predicted octanol–water partition coefficient (Wildman–Crippen LogP) is 3.57. The van der Waals surface area contributed by atoms with Crippen LogP contribution in [0.3, 0.4) is 0 Å². The number of hydrogen-bond acceptors (Lipinski definition) is 2. The molecule has 1 aromatic carbocycles. The van der Waals surface area contributed by atoms with Crippen molar-refractivity contribution in [1.29, 1.82) is 0 Å². The van der Waals surface area contributed by atoms with Gasteiger partial charge in [-0.1, -0.05) is 37.8 Å². The number of hydrogen-bond donors (Lipinski definition) is 1. The molecule has 0 aromatic heterocycles. The fraction of sp³-hybridized carbons (Fsp3) is 0.611. The zero-order valence-corrected chi connectivity index (χ0v) is 13.0. The third-order valence-electron chi connectivity index (χ3n) is 5.24. The summed E-state index contributed by atoms with van der Waals surface area (Å²) in [4.78, 5) is 13.5. The van der Waals surface area contributed by atoms with E-state index in [1.54, 1.807) is 4.90 Å². The molecule has 3 nitrogen and oxygen atoms in total. The van der Waals surface area contributed by atoms with Crippen LogP contribution in [0.15, 0.2) is 18.2 Å². The monoisotopic (exact) mass is 286 g/mol. The third-order valence-corrected chi connectivity index (χ3v) is 5.24. The second-order valence-corrected chi connectivity index (χ2v) is 6.62. The number of rotatable bonds is 2. The summed E-state index contributed by atoms with van der Waals surface area (Å²) in [5.74, 6) is 0.830. The molecule has 1 unspecified atom stereocenters. The molecule has 1 atom stereocenters. The van der Waals surface area contributed by atoms with Crippen molar-refractivity contribution < 1.29 is 4.79 Å². The number of amides is 1. The molecule has 1 heterocycles. The van der Waals surface area contributed by atoms with E-state index in [0.717, 1.165) is 12.1 Å². The van der Waals surface area contributed by atoms with E-state index in [4.69, 9.17) is 5.73 Å². The average Bonchev–Trinajstić information content (AvgIpc) is 2.79. The number of carbonyl (C=O) groups excluding carboxylic acids is 1. The minimum Gasteiger partial charge on any atom is -0.324 e. The highest BCUT2D eigenvalue weighted by molar-refractivity contribution is 5.95. The van der Waals surface area contributed by atoms with Crippen LogP contribution in [-0.2, 0) is 11.2 Å². The third kappa shape index (κ3) is 2.98. The SMILES string of the molecule is CN1C(=O)CCc2cc(C(N)C3CCCCCC3)ccc21. The summed E-state index contributed by atoms with van der Waals surface area (Å²) >= 11 is 0. The number of nitrogens with zero attached hydrogens (tertiary/aromatic N) is 1. The van der Waals surface area contributed by atoms with Gasteiger partial charge in [-0.05, 0) is 42.4 Å². The first-order valence-corrected chi connectivity index (χ1v) is 8.32. The number of benzene rings is 1. The van der Waals surface area contributed by atoms with E-state index in [1.807, 2.05) is 7.05 Å². The van der Waals surface area contributed by atoms with E-state index in [2.05, 4.69) is 18.2 Å². The van der Waals surface area contributed by atoms with Gasteiger partial charge in [0.05, 0.1) is 0 Å². The maximum atomic E-state index is 11.8. The molecule has 21 heavy (non-hydrogen) atoms. The fourth-order valence-electron chi connectivity index (χ4n) is 3.83. The first kappa shape index (κ1) is 14.6. The minimum absolute atomic E-state index is 0.149. The number of carbonyl (C=O) groups is 1. The molecule has 0 saturated heterocycles. The summed E-state index contributed by atoms with van der Waals surface area (Å²) in [6.07, 6.45) is 9.35. The maximum Gasteiger partial charge on any atom is 0.227 e. The van der Waals surface area contributed by atoms with E-state index in [9.17, 15) is 4.79 Å². The Morgan fingerprint density at radius 3 is 2.57 bits per heavy atom. The molecular formula is C18H26N2O. The first-order valence-electron chi connectivity index (χ1n) is 8.32. The zero-order valence-electron chi connectivity index (χ0n) is 13.0. The normalized spacial score (nSPS) is 21.8. The van der Waals surface area contributed by atoms with Crippen LogP contribution in [-0.4, -0.2) is 13.0 Å². The summed E-state index contributed by atoms with van der Waals surface area (Å²) in [6.45, 7) is 0. The summed E-state index contributed by atoms with van der Waals surface area (Å²) in [5, 5.41) is 0. The molecule has 2 aliphatic rings. The largest absolute Gasteiger partial charge is 0.324 e. The van der Waals surface area contributed by atoms with Crippen LogP contribution in [0.1, 0.15) is 62.1 Å². The van der Waals surface area contributed by atoms with Crippen LogP contribution < -0.4 is 10.6 Å². The Hall–Kier alpha value is -1.35. The standard InChI is InChI=1S/C18H26N2O/c1-20-16-10-8-15(12-14(16)9-11-17(20)21)18(19)13-6-4-2-3-5-7-13/h8,10,12-13,18H,2-7,9,11,19H2,1H3. The molecule has 1 aliphatic heterocycles. The molecule has 1 aromatic rings. The van der Waals surface area contributed by atoms with Gasteiger partial charge >= 0.3 is 0 Å². The van der Waals surface area contributed by atoms with Gasteiger partial charge in [-0.25, -0.2) is 0 Å². The van der Waals surface area contributed by atoms with Gasteiger partial charge in [0.15, 0.2) is 0 Å². The van der Waals surface area contributed by atoms with E-state index in [1.165, 1.54) is 49.7 Å². The van der Waals surface area contributed by atoms with Crippen molar-refractivity contribution in [1.82, 2.24) is 0 Å². The van der Waals surface area contributed by atoms with Crippen molar-refractivity contribution in [3.63, 3.8) is 0 Å². The van der Waals surface area contributed by atoms with Crippen LogP contribution in [0, 0.1) is 5.92 Å². The number of fused-ring (bicyclic) bond motifs is 1. The lowest BCUT2D eigenvalue weighted by Gasteiger charge is -2.28. The molecule has 1 saturated carbocycles. The van der Waals surface area contributed by atoms with Crippen molar-refractivity contribution in [2.75, 3.05) is 11.9 Å². The van der Waals surface area contributed by atoms with Crippen molar-refractivity contribution in [3.05, 3.63) is 29.3 Å². The van der Waals surface area contributed by atoms with Crippen molar-refractivity contribution >= 4 is 11.6 Å². The van der Waals surface area contributed by atoms with Gasteiger partial charge in [-0.15, -0.1) is 0 Å². The fourth-order valence-corrected chi connectivity index (χ4v) is 3.83. The highest BCUT2D eigenvalue weighted by Crippen LogP contribution is 2.35. The maximum absolute atomic E-state index is 11.8. The van der Waals surface area contributed by atoms with Gasteiger partial charge < -0.3 is 10.6 Å². The summed E-state index contributed by atoms with van der Waals surface area (Å²) in [7, 11) is 1.87. The molecule has 3 heteroatoms. The smallest absolute Gasteiger partial charge is 0.227 e. The van der Waals surface area contributed by atoms with E-state index in [-0.39, 0.29) is 11.9 Å². The Labute approximate surface area is 127 Å². The topological polar surface area (TPSA) is 46.3 Å². The first-order chi connectivity index (χ1) is 10.2. The Balaban J connectivity index is 1.81. The van der Waals surface area contributed by atoms with Crippen LogP contribution >= 0.6 is 0 Å². The van der Waals surface area contributed by atoms with Gasteiger partial charge in [0, 0.05) is 25.2 Å². The van der Waals surface area contributed by atoms with Gasteiger partial charge in [0.2, 0.25) is 5.91 Å². The second-order valence-electron chi connectivity index (χ2n) is 6.62. The molecule has 1 aliphatic carbocycles. The average molecular weight is 286 g/mol. The number of nitrogens with two attached hydrogens (primary N) is 1. The van der Waals surface area contributed by atoms with Gasteiger partial charge in [0.1, 0.15) is 0 Å². The molecule has 0 bridgehead atoms. The lowest BCUT2D eigenvalue weighted by molar-refractivity contribution is -0.118. The van der Waals surface area contributed by atoms with Crippen LogP contribution in [0.25, 0.3) is 0 Å². The minimum atomic E-state index is 0.149. The van der Waals surface area contributed by atoms with E-state index in [0.29, 0.717) is 12.3 Å². The van der Waals surface area contributed by atoms with Crippen molar-refractivity contribution in [3.8, 4) is 0 Å². The molecule has 114 valence electrons. The molecule has 1 amide bonds. The number of aryl methyl sites for hydroxylation is 1. The van der Waals surface area contributed by atoms with Crippen LogP contribution in [0.4, 0.5) is 5.69 Å². The summed E-state index contributed by atoms with van der Waals surface area (Å²) < 4.78 is 0. The predicted molar refractivity (Wildman–Crippen MR) is 86.3 cm³/mol. The van der Waals surface area contributed by atoms with Crippen LogP contribution in [0.5, 0.6) is 0 Å². The highest BCUT2D eigenvalue weighted by Gasteiger charge is 2.24. The zero-order chi connectivity index (χ0) is 14.8. The quantitative estimate of drug-likeness (QED) is 0.845. The van der Waals surface area contributed by atoms with Gasteiger partial charge in [-0.3, -0.25) is 4.79 Å². The Kier molecular flexibility index (Phi) is 4.29. The Bertz CT molecular complexity index is 518. The van der Waals surface area contributed by atoms with Gasteiger partial charge in [0.25, 0.3) is 0 Å². The highest BCUT2D eigenvalue weighted by atomic mass is 16.2. The van der Waals surface area contributed by atoms with Crippen LogP contribution in [0.2, 0.25) is 0 Å². The lowest BCUT2D eigenvalue weighted by Crippen LogP contribution is -2.31. The molecule has 2 N–H and O–H groups in total. The van der Waals surface area contributed by atoms with E-state index >= 15 is 0 Å². The molecule has 1 fully saturated rings. The van der Waals surface area contributed by atoms with Crippen molar-refractivity contribution in [2.24, 2.45) is 11.7 Å². The summed E-state index contributed by atoms with van der Waals surface area (Å²) in [5.41, 5.74) is 10.1. The molecule has 0 radical (unpaired) electrons. The number of anilines is 1. The van der Waals surface area contributed by atoms with E-state index < -0.39 is 0 Å². The molecule has 3 rings (SSSR count). The second kappa shape index (κ2) is 6.18. The summed E-state index contributed by atoms with van der Waals surface area (Å²) in [6, 6.07) is 6.60. The molecule has 0 spiro atoms. The van der Waals surface area contributed by atoms with Gasteiger partial charge in [-0.2, -0.15) is 0 Å². The molecular weight excluding hydrogens is 260 g/mol. The van der Waals surface area contributed by atoms with Crippen molar-refractivity contribution in [2.45, 2.75) is 57.4 Å². The Morgan fingerprint density at radius 2 is 1.86 bits per heavy atom. The lowest BCUT2D eigenvalue weighted by atomic mass is 9.86. The Morgan fingerprint density at radius 1 is 1.14 bits per heavy atom.